The van der Waals surface area contributed by atoms with Gasteiger partial charge in [-0.3, -0.25) is 29.0 Å². The summed E-state index contributed by atoms with van der Waals surface area (Å²) in [5, 5.41) is 54.5. The van der Waals surface area contributed by atoms with Gasteiger partial charge in [-0.05, 0) is 23.7 Å². The van der Waals surface area contributed by atoms with Gasteiger partial charge in [-0.2, -0.15) is 23.5 Å². The smallest absolute Gasteiger partial charge is 0.543 e. The molecule has 2 aromatic heterocycles. The standard InChI is InChI=1S/2C16H17N5O7S3.2Na/c2*1-29-3-6-4-30-14-10(13(25)21(14)11(6)15(26)27)19-12(24)9(20-28-2-8(22)23)7-5-31-16(17)18-7;;/h2*5,10,14H,2-4H2,1H3,(H2,17,18)(H,19,24)(H,22,23)(H,26,27);;/q;;2*+1/p-2/b2*20-9-;;/t2*10-,14-;;/m11../s1. The second-order valence-corrected chi connectivity index (χ2v) is 18.1. The molecule has 0 aromatic carbocycles. The van der Waals surface area contributed by atoms with Crippen molar-refractivity contribution in [3.05, 3.63) is 44.7 Å². The molecular weight excluding hydrogens is 987 g/mol. The van der Waals surface area contributed by atoms with Crippen molar-refractivity contribution in [2.75, 3.05) is 60.2 Å². The Balaban J connectivity index is 0.000000330. The molecule has 24 nitrogen and oxygen atoms in total. The van der Waals surface area contributed by atoms with E-state index in [2.05, 4.69) is 40.6 Å². The zero-order valence-electron chi connectivity index (χ0n) is 33.8. The number of rotatable bonds is 18. The Hall–Kier alpha value is -3.56. The fourth-order valence-electron chi connectivity index (χ4n) is 5.84. The van der Waals surface area contributed by atoms with E-state index in [-0.39, 0.29) is 104 Å². The van der Waals surface area contributed by atoms with Crippen molar-refractivity contribution >= 4 is 139 Å². The van der Waals surface area contributed by atoms with E-state index in [4.69, 9.17) is 21.7 Å². The number of carbonyl (C=O) groups excluding carboxylic acids is 6. The maximum atomic E-state index is 12.8. The maximum Gasteiger partial charge on any atom is 1.00 e. The Morgan fingerprint density at radius 3 is 1.39 bits per heavy atom. The first-order chi connectivity index (χ1) is 29.5. The number of nitrogen functional groups attached to an aromatic ring is 2. The first-order valence-electron chi connectivity index (χ1n) is 17.1. The number of fused-ring (bicyclic) bond motifs is 2. The molecule has 4 amide bonds. The average Bonchev–Trinajstić information content (AvgIpc) is 3.86. The summed E-state index contributed by atoms with van der Waals surface area (Å²) >= 11 is 7.54. The Kier molecular flexibility index (Phi) is 21.2. The SMILES string of the molecule is CSCC1=C(C(=O)[O-])N2C(=O)[C@@H](NC(=O)/C(=N\OCC(=O)O)c3csc(N)n3)[C@H]2SC1.CSCC1=C(C(=O)[O-])N2C(=O)[C@@H](NC(=O)/C(=N\OCC(=O)O)c3csc(N)n3)[C@H]2SC1.[Na+].[Na+]. The average molecular weight is 1020 g/mol. The molecule has 4 aliphatic rings. The Morgan fingerprint density at radius 1 is 0.750 bits per heavy atom. The molecule has 32 heteroatoms. The minimum absolute atomic E-state index is 0. The Bertz CT molecular complexity index is 2150. The van der Waals surface area contributed by atoms with Crippen LogP contribution < -0.4 is 91.4 Å². The monoisotopic (exact) mass is 1020 g/mol. The molecule has 332 valence electrons. The van der Waals surface area contributed by atoms with Gasteiger partial charge in [-0.15, -0.1) is 46.2 Å². The molecule has 6 heterocycles. The van der Waals surface area contributed by atoms with Gasteiger partial charge in [0.05, 0.1) is 23.3 Å². The first kappa shape index (κ1) is 54.8. The topological polar surface area (TPSA) is 375 Å². The molecule has 6 rings (SSSR count). The van der Waals surface area contributed by atoms with Crippen molar-refractivity contribution in [2.45, 2.75) is 22.8 Å². The summed E-state index contributed by atoms with van der Waals surface area (Å²) in [5.41, 5.74) is 11.3. The third kappa shape index (κ3) is 12.9. The number of hydrogen-bond donors (Lipinski definition) is 6. The summed E-state index contributed by atoms with van der Waals surface area (Å²) in [4.78, 5) is 115. The zero-order chi connectivity index (χ0) is 45.4. The molecule has 8 N–H and O–H groups in total. The van der Waals surface area contributed by atoms with Crippen LogP contribution in [0.15, 0.2) is 43.6 Å². The predicted octanol–water partition coefficient (Wildman–Crippen LogP) is -9.40. The predicted molar refractivity (Wildman–Crippen MR) is 224 cm³/mol. The fraction of sp³-hybridized carbons (Fsp3) is 0.375. The molecule has 0 radical (unpaired) electrons. The summed E-state index contributed by atoms with van der Waals surface area (Å²) in [7, 11) is 0. The van der Waals surface area contributed by atoms with Gasteiger partial charge in [0.15, 0.2) is 21.7 Å². The van der Waals surface area contributed by atoms with Crippen LogP contribution >= 0.6 is 69.7 Å². The van der Waals surface area contributed by atoms with Gasteiger partial charge in [0.25, 0.3) is 23.6 Å². The van der Waals surface area contributed by atoms with Gasteiger partial charge in [0, 0.05) is 33.8 Å². The van der Waals surface area contributed by atoms with Crippen LogP contribution in [-0.4, -0.2) is 160 Å². The third-order valence-corrected chi connectivity index (χ3v) is 13.6. The Labute approximate surface area is 430 Å². The van der Waals surface area contributed by atoms with Gasteiger partial charge in [0.2, 0.25) is 13.2 Å². The van der Waals surface area contributed by atoms with E-state index in [0.717, 1.165) is 32.5 Å². The van der Waals surface area contributed by atoms with E-state index in [1.54, 1.807) is 0 Å². The number of nitrogens with one attached hydrogen (secondary N) is 2. The van der Waals surface area contributed by atoms with Crippen LogP contribution in [0.5, 0.6) is 0 Å². The first-order valence-corrected chi connectivity index (χ1v) is 23.7. The van der Waals surface area contributed by atoms with Crippen LogP contribution in [0.2, 0.25) is 0 Å². The number of amides is 4. The van der Waals surface area contributed by atoms with E-state index in [9.17, 15) is 48.6 Å². The van der Waals surface area contributed by atoms with Crippen LogP contribution in [0.3, 0.4) is 0 Å². The molecule has 4 aliphatic heterocycles. The minimum atomic E-state index is -1.45. The minimum Gasteiger partial charge on any atom is -0.543 e. The molecule has 2 fully saturated rings. The molecule has 0 saturated carbocycles. The number of thiazole rings is 2. The number of carboxylic acid groups (broad SMARTS) is 4. The van der Waals surface area contributed by atoms with Crippen molar-refractivity contribution in [2.24, 2.45) is 10.3 Å². The summed E-state index contributed by atoms with van der Waals surface area (Å²) in [6.45, 7) is -1.58. The number of thioether (sulfide) groups is 4. The van der Waals surface area contributed by atoms with Crippen molar-refractivity contribution in [1.82, 2.24) is 30.4 Å². The van der Waals surface area contributed by atoms with Crippen LogP contribution in [0.1, 0.15) is 11.4 Å². The van der Waals surface area contributed by atoms with Crippen LogP contribution in [-0.2, 0) is 48.0 Å². The van der Waals surface area contributed by atoms with Crippen LogP contribution in [0.4, 0.5) is 10.3 Å². The molecule has 2 aromatic rings. The molecule has 64 heavy (non-hydrogen) atoms. The summed E-state index contributed by atoms with van der Waals surface area (Å²) in [6, 6.07) is -2.02. The number of anilines is 2. The number of aliphatic carboxylic acids is 4. The quantitative estimate of drug-likeness (QED) is 0.0349. The number of aromatic nitrogens is 2. The van der Waals surface area contributed by atoms with Crippen molar-refractivity contribution < 1.29 is 128 Å². The number of oxime groups is 2. The third-order valence-electron chi connectivity index (χ3n) is 8.34. The van der Waals surface area contributed by atoms with Gasteiger partial charge < -0.3 is 61.8 Å². The van der Waals surface area contributed by atoms with Crippen molar-refractivity contribution in [3.63, 3.8) is 0 Å². The molecule has 2 saturated heterocycles. The number of nitrogens with zero attached hydrogens (tertiary/aromatic N) is 6. The number of β-lactam (4-membered cyclic amide) rings is 2. The number of carbonyl (C=O) groups is 8. The van der Waals surface area contributed by atoms with Crippen LogP contribution in [0.25, 0.3) is 0 Å². The van der Waals surface area contributed by atoms with Gasteiger partial charge in [-0.25, -0.2) is 19.6 Å². The van der Waals surface area contributed by atoms with E-state index < -0.39 is 83.6 Å². The summed E-state index contributed by atoms with van der Waals surface area (Å²) < 4.78 is 0. The second-order valence-electron chi connectivity index (χ2n) is 12.4. The molecule has 0 aliphatic carbocycles. The molecule has 0 unspecified atom stereocenters. The van der Waals surface area contributed by atoms with E-state index >= 15 is 0 Å². The maximum absolute atomic E-state index is 12.8. The van der Waals surface area contributed by atoms with Gasteiger partial charge in [0.1, 0.15) is 34.2 Å². The van der Waals surface area contributed by atoms with Crippen LogP contribution in [0, 0.1) is 0 Å². The summed E-state index contributed by atoms with van der Waals surface area (Å²) in [5.74, 6) is -6.78. The normalized spacial score (nSPS) is 20.1. The van der Waals surface area contributed by atoms with E-state index in [0.29, 0.717) is 34.2 Å². The van der Waals surface area contributed by atoms with Gasteiger partial charge in [-0.1, -0.05) is 10.3 Å². The molecule has 0 bridgehead atoms. The second kappa shape index (κ2) is 24.8. The summed E-state index contributed by atoms with van der Waals surface area (Å²) in [6.07, 6.45) is 3.63. The largest absolute Gasteiger partial charge is 1.00 e. The van der Waals surface area contributed by atoms with E-state index in [1.807, 2.05) is 12.5 Å². The number of nitrogens with two attached hydrogens (primary N) is 2. The van der Waals surface area contributed by atoms with Gasteiger partial charge >= 0.3 is 71.1 Å². The fourth-order valence-corrected chi connectivity index (χ4v) is 11.1. The van der Waals surface area contributed by atoms with Crippen molar-refractivity contribution in [3.8, 4) is 0 Å². The number of carboxylic acids is 4. The van der Waals surface area contributed by atoms with Crippen molar-refractivity contribution in [1.29, 1.82) is 0 Å². The molecule has 4 atom stereocenters. The zero-order valence-corrected chi connectivity index (χ0v) is 42.7. The molecular formula is C32H32N10Na2O14S6. The molecule has 0 spiro atoms. The van der Waals surface area contributed by atoms with E-state index in [1.165, 1.54) is 57.8 Å². The number of hydrogen-bond acceptors (Lipinski definition) is 24. The Morgan fingerprint density at radius 2 is 1.11 bits per heavy atom.